The molecule has 150 valence electrons. The number of benzene rings is 3. The fourth-order valence-electron chi connectivity index (χ4n) is 2.88. The summed E-state index contributed by atoms with van der Waals surface area (Å²) in [4.78, 5) is 12.5. The number of methoxy groups -OCH3 is 1. The molecule has 0 bridgehead atoms. The van der Waals surface area contributed by atoms with Crippen LogP contribution in [0.5, 0.6) is 17.2 Å². The maximum absolute atomic E-state index is 12.5. The van der Waals surface area contributed by atoms with Crippen LogP contribution in [0.15, 0.2) is 85.1 Å². The molecule has 4 rings (SSSR count). The summed E-state index contributed by atoms with van der Waals surface area (Å²) < 4.78 is 12.8. The van der Waals surface area contributed by atoms with Crippen LogP contribution in [-0.4, -0.2) is 28.0 Å². The number of anilines is 1. The molecule has 0 unspecified atom stereocenters. The lowest BCUT2D eigenvalue weighted by atomic mass is 10.2. The Morgan fingerprint density at radius 3 is 2.37 bits per heavy atom. The molecule has 7 heteroatoms. The van der Waals surface area contributed by atoms with Crippen molar-refractivity contribution in [2.45, 2.75) is 6.54 Å². The molecule has 4 aromatic rings. The molecular weight excluding hydrogens is 380 g/mol. The third-order valence-corrected chi connectivity index (χ3v) is 4.37. The standard InChI is InChI=1S/C23H20N4O3/c1-29-21-9-5-6-10-22(21)30-19-13-11-18(12-14-19)24-23(28)20-16-27(26-25-20)15-17-7-3-2-4-8-17/h2-14,16H,15H2,1H3,(H,24,28). The molecule has 0 aliphatic heterocycles. The first-order valence-corrected chi connectivity index (χ1v) is 9.37. The number of rotatable bonds is 7. The summed E-state index contributed by atoms with van der Waals surface area (Å²) >= 11 is 0. The summed E-state index contributed by atoms with van der Waals surface area (Å²) in [7, 11) is 1.59. The van der Waals surface area contributed by atoms with E-state index in [1.54, 1.807) is 42.3 Å². The summed E-state index contributed by atoms with van der Waals surface area (Å²) in [5, 5.41) is 10.8. The van der Waals surface area contributed by atoms with Gasteiger partial charge in [0.1, 0.15) is 5.75 Å². The van der Waals surface area contributed by atoms with Gasteiger partial charge in [0.25, 0.3) is 5.91 Å². The van der Waals surface area contributed by atoms with E-state index in [-0.39, 0.29) is 11.6 Å². The summed E-state index contributed by atoms with van der Waals surface area (Å²) in [6.45, 7) is 0.552. The van der Waals surface area contributed by atoms with Crippen molar-refractivity contribution in [2.24, 2.45) is 0 Å². The van der Waals surface area contributed by atoms with Crippen LogP contribution in [0.1, 0.15) is 16.1 Å². The largest absolute Gasteiger partial charge is 0.493 e. The SMILES string of the molecule is COc1ccccc1Oc1ccc(NC(=O)c2cn(Cc3ccccc3)nn2)cc1. The summed E-state index contributed by atoms with van der Waals surface area (Å²) in [6.07, 6.45) is 1.63. The smallest absolute Gasteiger partial charge is 0.277 e. The second-order valence-electron chi connectivity index (χ2n) is 6.52. The minimum Gasteiger partial charge on any atom is -0.493 e. The molecular formula is C23H20N4O3. The van der Waals surface area contributed by atoms with E-state index in [1.807, 2.05) is 54.6 Å². The first kappa shape index (κ1) is 19.2. The molecule has 7 nitrogen and oxygen atoms in total. The van der Waals surface area contributed by atoms with Crippen molar-refractivity contribution in [2.75, 3.05) is 12.4 Å². The van der Waals surface area contributed by atoms with E-state index in [2.05, 4.69) is 15.6 Å². The molecule has 0 saturated heterocycles. The van der Waals surface area contributed by atoms with Crippen LogP contribution in [0.25, 0.3) is 0 Å². The highest BCUT2D eigenvalue weighted by atomic mass is 16.5. The molecule has 0 spiro atoms. The van der Waals surface area contributed by atoms with Gasteiger partial charge in [-0.2, -0.15) is 0 Å². The van der Waals surface area contributed by atoms with Gasteiger partial charge in [-0.3, -0.25) is 4.79 Å². The molecule has 0 saturated carbocycles. The van der Waals surface area contributed by atoms with E-state index in [1.165, 1.54) is 0 Å². The normalized spacial score (nSPS) is 10.4. The zero-order valence-corrected chi connectivity index (χ0v) is 16.4. The Morgan fingerprint density at radius 2 is 1.63 bits per heavy atom. The topological polar surface area (TPSA) is 78.3 Å². The first-order chi connectivity index (χ1) is 14.7. The Hall–Kier alpha value is -4.13. The Kier molecular flexibility index (Phi) is 5.70. The van der Waals surface area contributed by atoms with Crippen molar-refractivity contribution in [3.8, 4) is 17.2 Å². The van der Waals surface area contributed by atoms with Crippen LogP contribution in [0, 0.1) is 0 Å². The van der Waals surface area contributed by atoms with Crippen LogP contribution in [0.4, 0.5) is 5.69 Å². The van der Waals surface area contributed by atoms with E-state index < -0.39 is 0 Å². The number of nitrogens with zero attached hydrogens (tertiary/aromatic N) is 3. The lowest BCUT2D eigenvalue weighted by Crippen LogP contribution is -2.12. The van der Waals surface area contributed by atoms with E-state index in [9.17, 15) is 4.79 Å². The lowest BCUT2D eigenvalue weighted by Gasteiger charge is -2.10. The van der Waals surface area contributed by atoms with Crippen molar-refractivity contribution < 1.29 is 14.3 Å². The number of hydrogen-bond donors (Lipinski definition) is 1. The molecule has 0 radical (unpaired) electrons. The van der Waals surface area contributed by atoms with Crippen LogP contribution < -0.4 is 14.8 Å². The number of aromatic nitrogens is 3. The fourth-order valence-corrected chi connectivity index (χ4v) is 2.88. The van der Waals surface area contributed by atoms with Crippen LogP contribution in [0.3, 0.4) is 0 Å². The summed E-state index contributed by atoms with van der Waals surface area (Å²) in [5.74, 6) is 1.57. The molecule has 0 atom stereocenters. The van der Waals surface area contributed by atoms with Gasteiger partial charge in [0, 0.05) is 5.69 Å². The van der Waals surface area contributed by atoms with Gasteiger partial charge in [-0.05, 0) is 42.0 Å². The Bertz CT molecular complexity index is 1120. The maximum atomic E-state index is 12.5. The first-order valence-electron chi connectivity index (χ1n) is 9.37. The zero-order valence-electron chi connectivity index (χ0n) is 16.4. The number of hydrogen-bond acceptors (Lipinski definition) is 5. The third-order valence-electron chi connectivity index (χ3n) is 4.37. The lowest BCUT2D eigenvalue weighted by molar-refractivity contribution is 0.102. The molecule has 1 amide bonds. The van der Waals surface area contributed by atoms with Crippen LogP contribution in [-0.2, 0) is 6.54 Å². The van der Waals surface area contributed by atoms with Crippen LogP contribution >= 0.6 is 0 Å². The molecule has 30 heavy (non-hydrogen) atoms. The fraction of sp³-hybridized carbons (Fsp3) is 0.0870. The summed E-state index contributed by atoms with van der Waals surface area (Å²) in [6, 6.07) is 24.3. The second kappa shape index (κ2) is 8.91. The predicted octanol–water partition coefficient (Wildman–Crippen LogP) is 4.38. The highest BCUT2D eigenvalue weighted by molar-refractivity contribution is 6.02. The molecule has 1 aromatic heterocycles. The van der Waals surface area contributed by atoms with Gasteiger partial charge in [0.15, 0.2) is 17.2 Å². The highest BCUT2D eigenvalue weighted by Crippen LogP contribution is 2.31. The molecule has 0 fully saturated rings. The van der Waals surface area contributed by atoms with E-state index in [0.717, 1.165) is 5.56 Å². The van der Waals surface area contributed by atoms with Gasteiger partial charge in [-0.15, -0.1) is 5.10 Å². The van der Waals surface area contributed by atoms with Crippen molar-refractivity contribution in [3.63, 3.8) is 0 Å². The molecule has 1 heterocycles. The third kappa shape index (κ3) is 4.64. The van der Waals surface area contributed by atoms with E-state index >= 15 is 0 Å². The number of nitrogens with one attached hydrogen (secondary N) is 1. The van der Waals surface area contributed by atoms with Gasteiger partial charge in [-0.25, -0.2) is 4.68 Å². The quantitative estimate of drug-likeness (QED) is 0.498. The van der Waals surface area contributed by atoms with E-state index in [0.29, 0.717) is 29.5 Å². The average molecular weight is 400 g/mol. The Balaban J connectivity index is 1.38. The molecule has 0 aliphatic carbocycles. The minimum absolute atomic E-state index is 0.250. The van der Waals surface area contributed by atoms with Gasteiger partial charge >= 0.3 is 0 Å². The van der Waals surface area contributed by atoms with Crippen molar-refractivity contribution in [1.82, 2.24) is 15.0 Å². The predicted molar refractivity (Wildman–Crippen MR) is 113 cm³/mol. The number of amides is 1. The monoisotopic (exact) mass is 400 g/mol. The Morgan fingerprint density at radius 1 is 0.933 bits per heavy atom. The van der Waals surface area contributed by atoms with Gasteiger partial charge in [0.05, 0.1) is 19.9 Å². The number of ether oxygens (including phenoxy) is 2. The summed E-state index contributed by atoms with van der Waals surface area (Å²) in [5.41, 5.74) is 1.96. The van der Waals surface area contributed by atoms with E-state index in [4.69, 9.17) is 9.47 Å². The van der Waals surface area contributed by atoms with Gasteiger partial charge in [0.2, 0.25) is 0 Å². The van der Waals surface area contributed by atoms with Gasteiger partial charge < -0.3 is 14.8 Å². The van der Waals surface area contributed by atoms with Crippen LogP contribution in [0.2, 0.25) is 0 Å². The van der Waals surface area contributed by atoms with Crippen molar-refractivity contribution >= 4 is 11.6 Å². The number of para-hydroxylation sites is 2. The molecule has 0 aliphatic rings. The highest BCUT2D eigenvalue weighted by Gasteiger charge is 2.12. The molecule has 1 N–H and O–H groups in total. The average Bonchev–Trinajstić information content (AvgIpc) is 3.25. The zero-order chi connectivity index (χ0) is 20.8. The van der Waals surface area contributed by atoms with Crippen molar-refractivity contribution in [3.05, 3.63) is 96.3 Å². The van der Waals surface area contributed by atoms with Gasteiger partial charge in [-0.1, -0.05) is 47.7 Å². The molecule has 3 aromatic carbocycles. The second-order valence-corrected chi connectivity index (χ2v) is 6.52. The minimum atomic E-state index is -0.326. The number of carbonyl (C=O) groups is 1. The Labute approximate surface area is 173 Å². The number of carbonyl (C=O) groups excluding carboxylic acids is 1. The maximum Gasteiger partial charge on any atom is 0.277 e. The van der Waals surface area contributed by atoms with Crippen molar-refractivity contribution in [1.29, 1.82) is 0 Å².